The summed E-state index contributed by atoms with van der Waals surface area (Å²) >= 11 is 0. The van der Waals surface area contributed by atoms with Crippen LogP contribution < -0.4 is 10.6 Å². The van der Waals surface area contributed by atoms with Crippen LogP contribution in [0.4, 0.5) is 10.1 Å². The third-order valence-corrected chi connectivity index (χ3v) is 3.47. The molecule has 1 aliphatic carbocycles. The van der Waals surface area contributed by atoms with Crippen molar-refractivity contribution in [2.75, 3.05) is 5.32 Å². The van der Waals surface area contributed by atoms with Crippen molar-refractivity contribution < 1.29 is 18.5 Å². The molecule has 8 heteroatoms. The number of nitrogens with one attached hydrogen (secondary N) is 2. The lowest BCUT2D eigenvalue weighted by Gasteiger charge is -2.07. The van der Waals surface area contributed by atoms with E-state index in [-0.39, 0.29) is 12.4 Å². The molecule has 1 aromatic carbocycles. The number of benzene rings is 1. The predicted molar refractivity (Wildman–Crippen MR) is 77.9 cm³/mol. The van der Waals surface area contributed by atoms with Crippen LogP contribution in [-0.4, -0.2) is 22.0 Å². The average molecular weight is 318 g/mol. The summed E-state index contributed by atoms with van der Waals surface area (Å²) in [6.45, 7) is 1.61. The molecule has 7 nitrogen and oxygen atoms in total. The van der Waals surface area contributed by atoms with E-state index in [0.29, 0.717) is 23.0 Å². The van der Waals surface area contributed by atoms with E-state index in [2.05, 4.69) is 20.8 Å². The molecule has 1 fully saturated rings. The Bertz CT molecular complexity index is 755. The van der Waals surface area contributed by atoms with E-state index in [0.717, 1.165) is 12.8 Å². The van der Waals surface area contributed by atoms with E-state index >= 15 is 0 Å². The van der Waals surface area contributed by atoms with Crippen molar-refractivity contribution in [3.8, 4) is 0 Å². The molecular weight excluding hydrogens is 303 g/mol. The van der Waals surface area contributed by atoms with Crippen molar-refractivity contribution in [3.63, 3.8) is 0 Å². The lowest BCUT2D eigenvalue weighted by atomic mass is 10.2. The highest BCUT2D eigenvalue weighted by atomic mass is 19.1. The Labute approximate surface area is 131 Å². The van der Waals surface area contributed by atoms with Gasteiger partial charge in [-0.05, 0) is 43.5 Å². The molecule has 3 rings (SSSR count). The Morgan fingerprint density at radius 3 is 2.83 bits per heavy atom. The minimum atomic E-state index is -0.846. The second kappa shape index (κ2) is 6.15. The fourth-order valence-corrected chi connectivity index (χ4v) is 2.03. The number of hydrogen-bond acceptors (Lipinski definition) is 5. The van der Waals surface area contributed by atoms with E-state index in [4.69, 9.17) is 4.52 Å². The number of aromatic nitrogens is 2. The van der Waals surface area contributed by atoms with Crippen molar-refractivity contribution in [3.05, 3.63) is 41.3 Å². The number of carbonyl (C=O) groups excluding carboxylic acids is 2. The molecule has 2 amide bonds. The molecule has 0 aliphatic heterocycles. The molecule has 1 saturated carbocycles. The normalized spacial score (nSPS) is 13.7. The van der Waals surface area contributed by atoms with Crippen LogP contribution in [0.2, 0.25) is 0 Å². The molecule has 0 radical (unpaired) electrons. The van der Waals surface area contributed by atoms with Gasteiger partial charge in [-0.25, -0.2) is 4.39 Å². The molecule has 0 spiro atoms. The monoisotopic (exact) mass is 318 g/mol. The summed E-state index contributed by atoms with van der Waals surface area (Å²) in [7, 11) is 0. The van der Waals surface area contributed by atoms with Gasteiger partial charge in [0.05, 0.1) is 6.54 Å². The summed E-state index contributed by atoms with van der Waals surface area (Å²) in [5, 5.41) is 8.64. The van der Waals surface area contributed by atoms with Crippen LogP contribution >= 0.6 is 0 Å². The number of halogens is 1. The number of rotatable bonds is 4. The molecule has 2 N–H and O–H groups in total. The molecule has 0 saturated heterocycles. The molecule has 120 valence electrons. The maximum Gasteiger partial charge on any atom is 0.313 e. The van der Waals surface area contributed by atoms with Crippen LogP contribution in [0.5, 0.6) is 0 Å². The van der Waals surface area contributed by atoms with Crippen molar-refractivity contribution in [2.24, 2.45) is 0 Å². The van der Waals surface area contributed by atoms with Gasteiger partial charge in [0.2, 0.25) is 5.89 Å². The Morgan fingerprint density at radius 1 is 1.35 bits per heavy atom. The molecule has 0 atom stereocenters. The van der Waals surface area contributed by atoms with E-state index in [1.54, 1.807) is 6.92 Å². The van der Waals surface area contributed by atoms with Gasteiger partial charge < -0.3 is 15.2 Å². The average Bonchev–Trinajstić information content (AvgIpc) is 3.26. The van der Waals surface area contributed by atoms with Crippen molar-refractivity contribution in [1.29, 1.82) is 0 Å². The van der Waals surface area contributed by atoms with Crippen molar-refractivity contribution >= 4 is 17.5 Å². The second-order valence-corrected chi connectivity index (χ2v) is 5.42. The number of aryl methyl sites for hydroxylation is 1. The van der Waals surface area contributed by atoms with Crippen LogP contribution in [0.15, 0.2) is 22.7 Å². The molecule has 1 aromatic heterocycles. The minimum Gasteiger partial charge on any atom is -0.339 e. The summed E-state index contributed by atoms with van der Waals surface area (Å²) < 4.78 is 18.0. The fraction of sp³-hybridized carbons (Fsp3) is 0.333. The molecule has 1 aliphatic rings. The van der Waals surface area contributed by atoms with E-state index in [9.17, 15) is 14.0 Å². The van der Waals surface area contributed by atoms with Crippen LogP contribution in [0, 0.1) is 12.7 Å². The maximum absolute atomic E-state index is 13.0. The fourth-order valence-electron chi connectivity index (χ4n) is 2.03. The third kappa shape index (κ3) is 3.71. The van der Waals surface area contributed by atoms with Gasteiger partial charge in [-0.1, -0.05) is 5.16 Å². The SMILES string of the molecule is Cc1cc(F)ccc1NC(=O)C(=O)NCc1nc(C2CC2)no1. The molecule has 23 heavy (non-hydrogen) atoms. The van der Waals surface area contributed by atoms with Crippen LogP contribution in [0.1, 0.15) is 36.0 Å². The van der Waals surface area contributed by atoms with Gasteiger partial charge in [-0.15, -0.1) is 0 Å². The number of nitrogens with zero attached hydrogens (tertiary/aromatic N) is 2. The highest BCUT2D eigenvalue weighted by molar-refractivity contribution is 6.39. The maximum atomic E-state index is 13.0. The first-order valence-corrected chi connectivity index (χ1v) is 7.21. The van der Waals surface area contributed by atoms with E-state index in [1.807, 2.05) is 0 Å². The van der Waals surface area contributed by atoms with Gasteiger partial charge in [0.1, 0.15) is 5.82 Å². The number of anilines is 1. The lowest BCUT2D eigenvalue weighted by Crippen LogP contribution is -2.35. The summed E-state index contributed by atoms with van der Waals surface area (Å²) in [6.07, 6.45) is 2.09. The van der Waals surface area contributed by atoms with Crippen LogP contribution in [0.3, 0.4) is 0 Å². The summed E-state index contributed by atoms with van der Waals surface area (Å²) in [6, 6.07) is 3.87. The van der Waals surface area contributed by atoms with Crippen molar-refractivity contribution in [2.45, 2.75) is 32.2 Å². The molecule has 2 aromatic rings. The molecule has 0 bridgehead atoms. The lowest BCUT2D eigenvalue weighted by molar-refractivity contribution is -0.136. The first-order chi connectivity index (χ1) is 11.0. The predicted octanol–water partition coefficient (Wildman–Crippen LogP) is 1.65. The van der Waals surface area contributed by atoms with Crippen LogP contribution in [0.25, 0.3) is 0 Å². The van der Waals surface area contributed by atoms with Gasteiger partial charge in [0.15, 0.2) is 5.82 Å². The Kier molecular flexibility index (Phi) is 4.05. The zero-order valence-electron chi connectivity index (χ0n) is 12.4. The van der Waals surface area contributed by atoms with Gasteiger partial charge in [-0.3, -0.25) is 9.59 Å². The number of amides is 2. The first-order valence-electron chi connectivity index (χ1n) is 7.21. The molecular formula is C15H15FN4O3. The highest BCUT2D eigenvalue weighted by Gasteiger charge is 2.28. The van der Waals surface area contributed by atoms with Gasteiger partial charge in [0, 0.05) is 11.6 Å². The Morgan fingerprint density at radius 2 is 2.13 bits per heavy atom. The van der Waals surface area contributed by atoms with E-state index in [1.165, 1.54) is 18.2 Å². The number of hydrogen-bond donors (Lipinski definition) is 2. The molecule has 0 unspecified atom stereocenters. The number of carbonyl (C=O) groups is 2. The van der Waals surface area contributed by atoms with E-state index < -0.39 is 17.6 Å². The Balaban J connectivity index is 1.53. The smallest absolute Gasteiger partial charge is 0.313 e. The van der Waals surface area contributed by atoms with Crippen molar-refractivity contribution in [1.82, 2.24) is 15.5 Å². The Hall–Kier alpha value is -2.77. The van der Waals surface area contributed by atoms with Crippen LogP contribution in [-0.2, 0) is 16.1 Å². The van der Waals surface area contributed by atoms with Gasteiger partial charge >= 0.3 is 11.8 Å². The molecule has 1 heterocycles. The third-order valence-electron chi connectivity index (χ3n) is 3.47. The highest BCUT2D eigenvalue weighted by Crippen LogP contribution is 2.38. The zero-order chi connectivity index (χ0) is 16.4. The summed E-state index contributed by atoms with van der Waals surface area (Å²) in [5.41, 5.74) is 0.900. The quantitative estimate of drug-likeness (QED) is 0.835. The minimum absolute atomic E-state index is 0.0195. The van der Waals surface area contributed by atoms with Gasteiger partial charge in [0.25, 0.3) is 0 Å². The first kappa shape index (κ1) is 15.1. The largest absolute Gasteiger partial charge is 0.339 e. The second-order valence-electron chi connectivity index (χ2n) is 5.42. The standard InChI is InChI=1S/C15H15FN4O3/c1-8-6-10(16)4-5-11(8)18-15(22)14(21)17-7-12-19-13(20-23-12)9-2-3-9/h4-6,9H,2-3,7H2,1H3,(H,17,21)(H,18,22). The topological polar surface area (TPSA) is 97.1 Å². The summed E-state index contributed by atoms with van der Waals surface area (Å²) in [4.78, 5) is 27.7. The van der Waals surface area contributed by atoms with Gasteiger partial charge in [-0.2, -0.15) is 4.98 Å². The summed E-state index contributed by atoms with van der Waals surface area (Å²) in [5.74, 6) is -0.839. The zero-order valence-corrected chi connectivity index (χ0v) is 12.4.